The number of nitrogens with zero attached hydrogens (tertiary/aromatic N) is 2. The maximum Gasteiger partial charge on any atom is 0.240 e. The van der Waals surface area contributed by atoms with Crippen molar-refractivity contribution in [3.05, 3.63) is 59.7 Å². The second kappa shape index (κ2) is 10.9. The van der Waals surface area contributed by atoms with Crippen molar-refractivity contribution in [2.24, 2.45) is 11.0 Å². The summed E-state index contributed by atoms with van der Waals surface area (Å²) in [5.74, 6) is 0.506. The average molecular weight is 450 g/mol. The molecule has 33 heavy (non-hydrogen) atoms. The number of rotatable bonds is 10. The third kappa shape index (κ3) is 7.04. The van der Waals surface area contributed by atoms with Crippen LogP contribution in [0, 0.1) is 17.2 Å². The number of hydrogen-bond acceptors (Lipinski definition) is 7. The summed E-state index contributed by atoms with van der Waals surface area (Å²) in [4.78, 5) is 11.4. The number of carbonyl (C=O) groups is 1. The summed E-state index contributed by atoms with van der Waals surface area (Å²) >= 11 is 0. The molecule has 0 aromatic heterocycles. The van der Waals surface area contributed by atoms with Gasteiger partial charge in [-0.15, -0.1) is 0 Å². The van der Waals surface area contributed by atoms with E-state index >= 15 is 0 Å². The molecule has 8 heteroatoms. The highest BCUT2D eigenvalue weighted by Crippen LogP contribution is 2.19. The van der Waals surface area contributed by atoms with Gasteiger partial charge in [-0.05, 0) is 43.7 Å². The van der Waals surface area contributed by atoms with Crippen LogP contribution >= 0.6 is 0 Å². The number of nitriles is 1. The van der Waals surface area contributed by atoms with Crippen molar-refractivity contribution in [1.82, 2.24) is 10.7 Å². The lowest BCUT2D eigenvalue weighted by molar-refractivity contribution is -0.121. The fraction of sp³-hybridized carbons (Fsp3) is 0.400. The van der Waals surface area contributed by atoms with Crippen LogP contribution in [0.4, 0.5) is 5.69 Å². The van der Waals surface area contributed by atoms with Crippen molar-refractivity contribution in [1.29, 1.82) is 5.26 Å². The van der Waals surface area contributed by atoms with E-state index in [1.54, 1.807) is 24.3 Å². The Bertz CT molecular complexity index is 1030. The second-order valence-electron chi connectivity index (χ2n) is 8.91. The van der Waals surface area contributed by atoms with Crippen LogP contribution in [0.25, 0.3) is 0 Å². The summed E-state index contributed by atoms with van der Waals surface area (Å²) in [6.45, 7) is 7.19. The van der Waals surface area contributed by atoms with E-state index < -0.39 is 6.10 Å². The van der Waals surface area contributed by atoms with Crippen molar-refractivity contribution in [3.8, 4) is 11.8 Å². The maximum absolute atomic E-state index is 11.4. The topological polar surface area (TPSA) is 119 Å². The van der Waals surface area contributed by atoms with Crippen LogP contribution in [-0.4, -0.2) is 48.1 Å². The first-order valence-corrected chi connectivity index (χ1v) is 11.0. The largest absolute Gasteiger partial charge is 0.489 e. The van der Waals surface area contributed by atoms with Crippen molar-refractivity contribution < 1.29 is 14.6 Å². The van der Waals surface area contributed by atoms with E-state index in [0.29, 0.717) is 30.8 Å². The molecule has 1 aliphatic heterocycles. The summed E-state index contributed by atoms with van der Waals surface area (Å²) in [6, 6.07) is 17.0. The van der Waals surface area contributed by atoms with Gasteiger partial charge in [0.05, 0.1) is 11.3 Å². The zero-order valence-corrected chi connectivity index (χ0v) is 19.3. The number of β-amino-alcohol motifs (C(OH)–C–C–N with tert-alkyl or cyclic N) is 1. The highest BCUT2D eigenvalue weighted by atomic mass is 16.5. The Hall–Kier alpha value is -3.41. The molecule has 2 aromatic rings. The third-order valence-corrected chi connectivity index (χ3v) is 5.43. The summed E-state index contributed by atoms with van der Waals surface area (Å²) in [6.07, 6.45) is -0.269. The van der Waals surface area contributed by atoms with E-state index in [1.165, 1.54) is 0 Å². The monoisotopic (exact) mass is 449 g/mol. The van der Waals surface area contributed by atoms with Crippen LogP contribution in [-0.2, 0) is 4.79 Å². The Balaban J connectivity index is 1.45. The van der Waals surface area contributed by atoms with Crippen molar-refractivity contribution >= 4 is 17.3 Å². The molecule has 2 unspecified atom stereocenters. The molecule has 0 bridgehead atoms. The van der Waals surface area contributed by atoms with E-state index in [4.69, 9.17) is 10.00 Å². The van der Waals surface area contributed by atoms with E-state index in [0.717, 1.165) is 17.0 Å². The number of carbonyl (C=O) groups excluding carboxylic acids is 1. The van der Waals surface area contributed by atoms with E-state index in [1.807, 2.05) is 45.0 Å². The Kier molecular flexibility index (Phi) is 8.04. The highest BCUT2D eigenvalue weighted by molar-refractivity contribution is 6.05. The summed E-state index contributed by atoms with van der Waals surface area (Å²) in [5.41, 5.74) is 5.56. The molecule has 2 aromatic carbocycles. The van der Waals surface area contributed by atoms with Gasteiger partial charge in [-0.25, -0.2) is 5.43 Å². The van der Waals surface area contributed by atoms with Gasteiger partial charge in [0.2, 0.25) is 5.91 Å². The molecule has 174 valence electrons. The quantitative estimate of drug-likeness (QED) is 0.443. The fourth-order valence-electron chi connectivity index (χ4n) is 3.47. The Morgan fingerprint density at radius 1 is 1.27 bits per heavy atom. The van der Waals surface area contributed by atoms with Gasteiger partial charge in [-0.3, -0.25) is 4.79 Å². The smallest absolute Gasteiger partial charge is 0.240 e. The van der Waals surface area contributed by atoms with Crippen LogP contribution in [0.3, 0.4) is 0 Å². The number of hydrogen-bond donors (Lipinski definition) is 4. The molecule has 8 nitrogen and oxygen atoms in total. The van der Waals surface area contributed by atoms with Gasteiger partial charge in [0, 0.05) is 36.7 Å². The minimum absolute atomic E-state index is 0.0528. The van der Waals surface area contributed by atoms with Gasteiger partial charge < -0.3 is 20.5 Å². The molecule has 3 rings (SSSR count). The van der Waals surface area contributed by atoms with Gasteiger partial charge >= 0.3 is 0 Å². The van der Waals surface area contributed by atoms with Crippen LogP contribution < -0.4 is 20.8 Å². The summed E-state index contributed by atoms with van der Waals surface area (Å²) < 4.78 is 5.60. The number of amides is 1. The fourth-order valence-corrected chi connectivity index (χ4v) is 3.47. The number of hydrazone groups is 1. The van der Waals surface area contributed by atoms with E-state index in [9.17, 15) is 9.90 Å². The van der Waals surface area contributed by atoms with Crippen molar-refractivity contribution in [3.63, 3.8) is 0 Å². The number of ether oxygens (including phenoxy) is 1. The van der Waals surface area contributed by atoms with Crippen molar-refractivity contribution in [2.45, 2.75) is 38.8 Å². The van der Waals surface area contributed by atoms with Crippen LogP contribution in [0.1, 0.15) is 38.3 Å². The molecule has 1 heterocycles. The van der Waals surface area contributed by atoms with Gasteiger partial charge in [-0.1, -0.05) is 31.2 Å². The van der Waals surface area contributed by atoms with E-state index in [-0.39, 0.29) is 24.0 Å². The molecule has 0 spiro atoms. The van der Waals surface area contributed by atoms with Crippen LogP contribution in [0.15, 0.2) is 53.6 Å². The number of para-hydroxylation sites is 1. The molecule has 0 saturated carbocycles. The summed E-state index contributed by atoms with van der Waals surface area (Å²) in [5, 5.41) is 30.4. The molecule has 0 fully saturated rings. The minimum atomic E-state index is -0.714. The minimum Gasteiger partial charge on any atom is -0.489 e. The average Bonchev–Trinajstić information content (AvgIpc) is 2.81. The first-order chi connectivity index (χ1) is 15.8. The maximum atomic E-state index is 11.4. The highest BCUT2D eigenvalue weighted by Gasteiger charge is 2.22. The third-order valence-electron chi connectivity index (χ3n) is 5.43. The van der Waals surface area contributed by atoms with Crippen LogP contribution in [0.5, 0.6) is 5.75 Å². The van der Waals surface area contributed by atoms with Crippen LogP contribution in [0.2, 0.25) is 0 Å². The van der Waals surface area contributed by atoms with Gasteiger partial charge in [-0.2, -0.15) is 10.4 Å². The van der Waals surface area contributed by atoms with E-state index in [2.05, 4.69) is 27.2 Å². The van der Waals surface area contributed by atoms with Gasteiger partial charge in [0.25, 0.3) is 0 Å². The molecule has 0 aliphatic carbocycles. The zero-order valence-electron chi connectivity index (χ0n) is 19.3. The number of anilines is 1. The molecule has 2 atom stereocenters. The number of benzene rings is 2. The molecular weight excluding hydrogens is 418 g/mol. The normalized spacial score (nSPS) is 16.9. The first-order valence-electron chi connectivity index (χ1n) is 11.0. The molecular formula is C25H31N5O3. The molecule has 0 saturated heterocycles. The Morgan fingerprint density at radius 3 is 2.70 bits per heavy atom. The molecule has 0 radical (unpaired) electrons. The first kappa shape index (κ1) is 24.2. The number of aliphatic hydroxyl groups is 1. The lowest BCUT2D eigenvalue weighted by Crippen LogP contribution is -2.49. The zero-order chi connectivity index (χ0) is 23.8. The SMILES string of the molecule is CC1CC(=O)NN=C1c1ccc(NCC(C)(C)NCC(O)COc2ccccc2C#N)cc1. The Morgan fingerprint density at radius 2 is 2.00 bits per heavy atom. The molecule has 1 aliphatic rings. The lowest BCUT2D eigenvalue weighted by Gasteiger charge is -2.28. The molecule has 4 N–H and O–H groups in total. The predicted octanol–water partition coefficient (Wildman–Crippen LogP) is 2.64. The molecule has 1 amide bonds. The van der Waals surface area contributed by atoms with Gasteiger partial charge in [0.1, 0.15) is 24.5 Å². The standard InChI is InChI=1S/C25H31N5O3/c1-17-12-23(32)29-30-24(17)18-8-10-20(11-9-18)27-16-25(2,3)28-14-21(31)15-33-22-7-5-4-6-19(22)13-26/h4-11,17,21,27-28,31H,12,14-16H2,1-3H3,(H,29,32). The van der Waals surface area contributed by atoms with Crippen molar-refractivity contribution in [2.75, 3.05) is 25.0 Å². The number of aliphatic hydroxyl groups excluding tert-OH is 1. The predicted molar refractivity (Wildman–Crippen MR) is 128 cm³/mol. The Labute approximate surface area is 194 Å². The summed E-state index contributed by atoms with van der Waals surface area (Å²) in [7, 11) is 0. The second-order valence-corrected chi connectivity index (χ2v) is 8.91. The van der Waals surface area contributed by atoms with Gasteiger partial charge in [0.15, 0.2) is 0 Å². The number of nitrogens with one attached hydrogen (secondary N) is 3. The lowest BCUT2D eigenvalue weighted by atomic mass is 9.94.